The molecule has 0 aromatic heterocycles. The molecular formula is C23H43N3O5. The zero-order chi connectivity index (χ0) is 23.5. The van der Waals surface area contributed by atoms with Crippen LogP contribution in [0.5, 0.6) is 0 Å². The molecule has 0 rings (SSSR count). The summed E-state index contributed by atoms with van der Waals surface area (Å²) in [5.41, 5.74) is 5.20. The Morgan fingerprint density at radius 1 is 0.806 bits per heavy atom. The highest BCUT2D eigenvalue weighted by Crippen LogP contribution is 2.12. The van der Waals surface area contributed by atoms with E-state index in [1.807, 2.05) is 0 Å². The van der Waals surface area contributed by atoms with Crippen molar-refractivity contribution >= 4 is 23.7 Å². The molecule has 0 saturated heterocycles. The molecule has 0 aromatic rings. The van der Waals surface area contributed by atoms with E-state index in [-0.39, 0.29) is 31.2 Å². The average molecular weight is 442 g/mol. The molecule has 8 nitrogen and oxygen atoms in total. The number of hydrogen-bond acceptors (Lipinski definition) is 4. The Morgan fingerprint density at radius 2 is 1.32 bits per heavy atom. The molecule has 0 aromatic carbocycles. The van der Waals surface area contributed by atoms with Gasteiger partial charge in [0.25, 0.3) is 0 Å². The number of unbranched alkanes of at least 4 members (excludes halogenated alkanes) is 10. The van der Waals surface area contributed by atoms with Crippen LogP contribution in [0.3, 0.4) is 0 Å². The first-order valence-corrected chi connectivity index (χ1v) is 11.9. The average Bonchev–Trinajstić information content (AvgIpc) is 2.69. The van der Waals surface area contributed by atoms with E-state index in [0.717, 1.165) is 19.3 Å². The van der Waals surface area contributed by atoms with Gasteiger partial charge in [-0.1, -0.05) is 71.1 Å². The SMILES string of the molecule is CCCCCCCCCCCCCC(=O)NC(CC(N)=O)C(=O)NC(C)CCC(=O)O. The van der Waals surface area contributed by atoms with E-state index in [0.29, 0.717) is 6.42 Å². The summed E-state index contributed by atoms with van der Waals surface area (Å²) >= 11 is 0. The van der Waals surface area contributed by atoms with Crippen molar-refractivity contribution in [1.29, 1.82) is 0 Å². The fraction of sp³-hybridized carbons (Fsp3) is 0.826. The monoisotopic (exact) mass is 441 g/mol. The van der Waals surface area contributed by atoms with Crippen LogP contribution in [-0.4, -0.2) is 40.9 Å². The van der Waals surface area contributed by atoms with Gasteiger partial charge in [0.2, 0.25) is 17.7 Å². The van der Waals surface area contributed by atoms with Crippen LogP contribution in [0.4, 0.5) is 0 Å². The molecule has 0 saturated carbocycles. The molecule has 0 aliphatic rings. The lowest BCUT2D eigenvalue weighted by atomic mass is 10.0. The Hall–Kier alpha value is -2.12. The summed E-state index contributed by atoms with van der Waals surface area (Å²) in [6.45, 7) is 3.90. The van der Waals surface area contributed by atoms with E-state index in [4.69, 9.17) is 10.8 Å². The minimum atomic E-state index is -1.04. The second-order valence-electron chi connectivity index (χ2n) is 8.42. The molecule has 0 aliphatic carbocycles. The molecule has 2 unspecified atom stereocenters. The van der Waals surface area contributed by atoms with Gasteiger partial charge in [-0.05, 0) is 19.8 Å². The van der Waals surface area contributed by atoms with Gasteiger partial charge in [-0.25, -0.2) is 0 Å². The van der Waals surface area contributed by atoms with E-state index in [9.17, 15) is 19.2 Å². The summed E-state index contributed by atoms with van der Waals surface area (Å²) in [6, 6.07) is -1.42. The highest BCUT2D eigenvalue weighted by Gasteiger charge is 2.24. The van der Waals surface area contributed by atoms with Gasteiger partial charge in [0.1, 0.15) is 6.04 Å². The van der Waals surface area contributed by atoms with Crippen molar-refractivity contribution in [2.75, 3.05) is 0 Å². The van der Waals surface area contributed by atoms with Crippen LogP contribution in [0, 0.1) is 0 Å². The molecule has 0 bridgehead atoms. The Morgan fingerprint density at radius 3 is 1.81 bits per heavy atom. The van der Waals surface area contributed by atoms with Crippen molar-refractivity contribution < 1.29 is 24.3 Å². The molecule has 31 heavy (non-hydrogen) atoms. The lowest BCUT2D eigenvalue weighted by molar-refractivity contribution is -0.137. The van der Waals surface area contributed by atoms with Gasteiger partial charge in [0, 0.05) is 18.9 Å². The van der Waals surface area contributed by atoms with Gasteiger partial charge in [0.05, 0.1) is 6.42 Å². The molecular weight excluding hydrogens is 398 g/mol. The van der Waals surface area contributed by atoms with Crippen molar-refractivity contribution in [3.05, 3.63) is 0 Å². The molecule has 8 heteroatoms. The van der Waals surface area contributed by atoms with Crippen LogP contribution in [0.25, 0.3) is 0 Å². The van der Waals surface area contributed by atoms with Crippen LogP contribution in [0.2, 0.25) is 0 Å². The number of carbonyl (C=O) groups excluding carboxylic acids is 3. The maximum absolute atomic E-state index is 12.3. The highest BCUT2D eigenvalue weighted by atomic mass is 16.4. The van der Waals surface area contributed by atoms with Crippen LogP contribution in [0.15, 0.2) is 0 Å². The lowest BCUT2D eigenvalue weighted by Crippen LogP contribution is -2.50. The fourth-order valence-corrected chi connectivity index (χ4v) is 3.38. The number of hydrogen-bond donors (Lipinski definition) is 4. The standard InChI is InChI=1S/C23H43N3O5/c1-3-4-5-6-7-8-9-10-11-12-13-14-21(28)26-19(17-20(24)27)23(31)25-18(2)15-16-22(29)30/h18-19H,3-17H2,1-2H3,(H2,24,27)(H,25,31)(H,26,28)(H,29,30). The van der Waals surface area contributed by atoms with Crippen LogP contribution >= 0.6 is 0 Å². The summed E-state index contributed by atoms with van der Waals surface area (Å²) in [7, 11) is 0. The Kier molecular flexibility index (Phi) is 17.4. The summed E-state index contributed by atoms with van der Waals surface area (Å²) in [6.07, 6.45) is 13.2. The third kappa shape index (κ3) is 18.4. The van der Waals surface area contributed by atoms with Gasteiger partial charge in [0.15, 0.2) is 0 Å². The number of carbonyl (C=O) groups is 4. The van der Waals surface area contributed by atoms with Crippen molar-refractivity contribution in [2.24, 2.45) is 5.73 Å². The first kappa shape index (κ1) is 28.9. The van der Waals surface area contributed by atoms with Gasteiger partial charge < -0.3 is 21.5 Å². The van der Waals surface area contributed by atoms with E-state index < -0.39 is 23.8 Å². The fourth-order valence-electron chi connectivity index (χ4n) is 3.38. The molecule has 5 N–H and O–H groups in total. The highest BCUT2D eigenvalue weighted by molar-refractivity contribution is 5.91. The minimum Gasteiger partial charge on any atom is -0.481 e. The zero-order valence-corrected chi connectivity index (χ0v) is 19.4. The predicted molar refractivity (Wildman–Crippen MR) is 121 cm³/mol. The summed E-state index contributed by atoms with van der Waals surface area (Å²) < 4.78 is 0. The van der Waals surface area contributed by atoms with E-state index >= 15 is 0 Å². The van der Waals surface area contributed by atoms with E-state index in [1.165, 1.54) is 51.4 Å². The second kappa shape index (κ2) is 18.6. The van der Waals surface area contributed by atoms with Crippen molar-refractivity contribution in [2.45, 2.75) is 122 Å². The largest absolute Gasteiger partial charge is 0.481 e. The molecule has 2 atom stereocenters. The van der Waals surface area contributed by atoms with E-state index in [2.05, 4.69) is 17.6 Å². The van der Waals surface area contributed by atoms with Crippen molar-refractivity contribution in [3.63, 3.8) is 0 Å². The third-order valence-electron chi connectivity index (χ3n) is 5.24. The van der Waals surface area contributed by atoms with Crippen molar-refractivity contribution in [3.8, 4) is 0 Å². The summed E-state index contributed by atoms with van der Waals surface area (Å²) in [5.74, 6) is -2.44. The molecule has 0 heterocycles. The number of rotatable bonds is 20. The lowest BCUT2D eigenvalue weighted by Gasteiger charge is -2.20. The number of aliphatic carboxylic acids is 1. The summed E-state index contributed by atoms with van der Waals surface area (Å²) in [5, 5.41) is 13.9. The number of carboxylic acid groups (broad SMARTS) is 1. The molecule has 3 amide bonds. The maximum Gasteiger partial charge on any atom is 0.303 e. The van der Waals surface area contributed by atoms with Crippen LogP contribution < -0.4 is 16.4 Å². The topological polar surface area (TPSA) is 139 Å². The number of amides is 3. The quantitative estimate of drug-likeness (QED) is 0.214. The normalized spacial score (nSPS) is 12.7. The Labute approximate surface area is 187 Å². The smallest absolute Gasteiger partial charge is 0.303 e. The minimum absolute atomic E-state index is 0.0762. The van der Waals surface area contributed by atoms with Crippen molar-refractivity contribution in [1.82, 2.24) is 10.6 Å². The number of nitrogens with one attached hydrogen (secondary N) is 2. The number of primary amides is 1. The molecule has 0 fully saturated rings. The zero-order valence-electron chi connectivity index (χ0n) is 19.4. The number of nitrogens with two attached hydrogens (primary N) is 1. The first-order valence-electron chi connectivity index (χ1n) is 11.9. The van der Waals surface area contributed by atoms with Crippen LogP contribution in [-0.2, 0) is 19.2 Å². The van der Waals surface area contributed by atoms with Gasteiger partial charge in [-0.15, -0.1) is 0 Å². The molecule has 0 radical (unpaired) electrons. The maximum atomic E-state index is 12.3. The Balaban J connectivity index is 4.07. The van der Waals surface area contributed by atoms with Gasteiger partial charge in [-0.2, -0.15) is 0 Å². The second-order valence-corrected chi connectivity index (χ2v) is 8.42. The van der Waals surface area contributed by atoms with E-state index in [1.54, 1.807) is 6.92 Å². The molecule has 0 aliphatic heterocycles. The third-order valence-corrected chi connectivity index (χ3v) is 5.24. The van der Waals surface area contributed by atoms with Crippen LogP contribution in [0.1, 0.15) is 110 Å². The number of carboxylic acids is 1. The molecule has 180 valence electrons. The Bertz CT molecular complexity index is 539. The summed E-state index contributed by atoms with van der Waals surface area (Å²) in [4.78, 5) is 46.4. The van der Waals surface area contributed by atoms with Gasteiger partial charge >= 0.3 is 5.97 Å². The first-order chi connectivity index (χ1) is 14.8. The molecule has 0 spiro atoms. The van der Waals surface area contributed by atoms with Gasteiger partial charge in [-0.3, -0.25) is 19.2 Å². The predicted octanol–water partition coefficient (Wildman–Crippen LogP) is 3.42.